The van der Waals surface area contributed by atoms with Crippen LogP contribution < -0.4 is 10.6 Å². The van der Waals surface area contributed by atoms with Gasteiger partial charge in [-0.3, -0.25) is 0 Å². The van der Waals surface area contributed by atoms with Gasteiger partial charge in [-0.25, -0.2) is 4.98 Å². The first kappa shape index (κ1) is 13.0. The summed E-state index contributed by atoms with van der Waals surface area (Å²) in [6, 6.07) is 0. The maximum Gasteiger partial charge on any atom is 0.107 e. The molecule has 1 aromatic rings. The van der Waals surface area contributed by atoms with Crippen LogP contribution in [0.1, 0.15) is 35.6 Å². The van der Waals surface area contributed by atoms with Crippen molar-refractivity contribution in [3.63, 3.8) is 0 Å². The summed E-state index contributed by atoms with van der Waals surface area (Å²) in [4.78, 5) is 5.65. The van der Waals surface area contributed by atoms with Crippen molar-refractivity contribution < 1.29 is 0 Å². The lowest BCUT2D eigenvalue weighted by Crippen LogP contribution is -2.28. The van der Waals surface area contributed by atoms with E-state index in [1.807, 2.05) is 6.20 Å². The van der Waals surface area contributed by atoms with Crippen LogP contribution in [0.2, 0.25) is 0 Å². The van der Waals surface area contributed by atoms with Crippen molar-refractivity contribution in [3.05, 3.63) is 16.1 Å². The van der Waals surface area contributed by atoms with Gasteiger partial charge in [-0.1, -0.05) is 0 Å². The third-order valence-electron chi connectivity index (χ3n) is 3.37. The van der Waals surface area contributed by atoms with Crippen LogP contribution in [-0.2, 0) is 6.54 Å². The lowest BCUT2D eigenvalue weighted by atomic mass is 9.93. The second-order valence-corrected chi connectivity index (χ2v) is 6.20. The van der Waals surface area contributed by atoms with Crippen molar-refractivity contribution in [3.8, 4) is 0 Å². The SMILES string of the molecule is Cc1cnc(CNCCCC2CCNCC2)s1. The summed E-state index contributed by atoms with van der Waals surface area (Å²) in [5.74, 6) is 0.958. The maximum atomic E-state index is 4.35. The molecule has 3 nitrogen and oxygen atoms in total. The Labute approximate surface area is 108 Å². The van der Waals surface area contributed by atoms with E-state index in [0.717, 1.165) is 19.0 Å². The smallest absolute Gasteiger partial charge is 0.107 e. The van der Waals surface area contributed by atoms with Crippen LogP contribution in [0.15, 0.2) is 6.20 Å². The van der Waals surface area contributed by atoms with Crippen LogP contribution in [0, 0.1) is 12.8 Å². The summed E-state index contributed by atoms with van der Waals surface area (Å²) < 4.78 is 0. The molecule has 2 N–H and O–H groups in total. The summed E-state index contributed by atoms with van der Waals surface area (Å²) in [5.41, 5.74) is 0. The molecule has 0 atom stereocenters. The molecule has 0 aliphatic carbocycles. The zero-order valence-electron chi connectivity index (χ0n) is 10.7. The van der Waals surface area contributed by atoms with Gasteiger partial charge < -0.3 is 10.6 Å². The average Bonchev–Trinajstić information content (AvgIpc) is 2.76. The van der Waals surface area contributed by atoms with Crippen LogP contribution in [0.5, 0.6) is 0 Å². The Bertz CT molecular complexity index is 318. The fourth-order valence-electron chi connectivity index (χ4n) is 2.36. The topological polar surface area (TPSA) is 37.0 Å². The fraction of sp³-hybridized carbons (Fsp3) is 0.769. The van der Waals surface area contributed by atoms with Crippen LogP contribution in [0.3, 0.4) is 0 Å². The first-order valence-electron chi connectivity index (χ1n) is 6.67. The molecule has 4 heteroatoms. The second-order valence-electron chi connectivity index (χ2n) is 4.88. The Hall–Kier alpha value is -0.450. The number of nitrogens with one attached hydrogen (secondary N) is 2. The minimum Gasteiger partial charge on any atom is -0.317 e. The van der Waals surface area contributed by atoms with Gasteiger partial charge in [0.1, 0.15) is 5.01 Å². The molecule has 2 heterocycles. The van der Waals surface area contributed by atoms with E-state index in [9.17, 15) is 0 Å². The van der Waals surface area contributed by atoms with Crippen LogP contribution >= 0.6 is 11.3 Å². The Balaban J connectivity index is 1.51. The highest BCUT2D eigenvalue weighted by molar-refractivity contribution is 7.11. The van der Waals surface area contributed by atoms with Crippen molar-refractivity contribution in [2.75, 3.05) is 19.6 Å². The molecule has 96 valence electrons. The molecule has 0 unspecified atom stereocenters. The summed E-state index contributed by atoms with van der Waals surface area (Å²) in [7, 11) is 0. The van der Waals surface area contributed by atoms with Gasteiger partial charge in [0.25, 0.3) is 0 Å². The van der Waals surface area contributed by atoms with Gasteiger partial charge >= 0.3 is 0 Å². The minimum absolute atomic E-state index is 0.935. The fourth-order valence-corrected chi connectivity index (χ4v) is 3.12. The first-order chi connectivity index (χ1) is 8.34. The molecular formula is C13H23N3S. The molecule has 1 saturated heterocycles. The molecule has 1 aliphatic heterocycles. The van der Waals surface area contributed by atoms with Gasteiger partial charge in [0.15, 0.2) is 0 Å². The molecule has 0 radical (unpaired) electrons. The van der Waals surface area contributed by atoms with Crippen molar-refractivity contribution in [1.82, 2.24) is 15.6 Å². The number of aromatic nitrogens is 1. The molecule has 0 amide bonds. The molecule has 1 aromatic heterocycles. The Morgan fingerprint density at radius 3 is 3.00 bits per heavy atom. The van der Waals surface area contributed by atoms with Gasteiger partial charge in [-0.05, 0) is 58.2 Å². The number of thiazole rings is 1. The standard InChI is InChI=1S/C13H23N3S/c1-11-9-16-13(17-11)10-15-6-2-3-12-4-7-14-8-5-12/h9,12,14-15H,2-8,10H2,1H3. The zero-order valence-corrected chi connectivity index (χ0v) is 11.5. The van der Waals surface area contributed by atoms with Gasteiger partial charge in [0, 0.05) is 17.6 Å². The molecule has 0 bridgehead atoms. The molecule has 0 spiro atoms. The third kappa shape index (κ3) is 4.74. The van der Waals surface area contributed by atoms with E-state index in [1.165, 1.54) is 48.7 Å². The minimum atomic E-state index is 0.935. The number of hydrogen-bond acceptors (Lipinski definition) is 4. The van der Waals surface area contributed by atoms with Crippen LogP contribution in [-0.4, -0.2) is 24.6 Å². The number of piperidine rings is 1. The van der Waals surface area contributed by atoms with E-state index in [2.05, 4.69) is 22.5 Å². The number of nitrogens with zero attached hydrogens (tertiary/aromatic N) is 1. The highest BCUT2D eigenvalue weighted by Gasteiger charge is 2.11. The van der Waals surface area contributed by atoms with Gasteiger partial charge in [0.05, 0.1) is 0 Å². The molecule has 17 heavy (non-hydrogen) atoms. The van der Waals surface area contributed by atoms with Crippen molar-refractivity contribution in [2.24, 2.45) is 5.92 Å². The Kier molecular flexibility index (Phi) is 5.42. The predicted molar refractivity (Wildman–Crippen MR) is 73.4 cm³/mol. The molecule has 0 saturated carbocycles. The Morgan fingerprint density at radius 2 is 2.29 bits per heavy atom. The quantitative estimate of drug-likeness (QED) is 0.764. The summed E-state index contributed by atoms with van der Waals surface area (Å²) in [6.07, 6.45) is 7.37. The molecule has 0 aromatic carbocycles. The van der Waals surface area contributed by atoms with E-state index < -0.39 is 0 Å². The van der Waals surface area contributed by atoms with Gasteiger partial charge in [0.2, 0.25) is 0 Å². The highest BCUT2D eigenvalue weighted by Crippen LogP contribution is 2.17. The van der Waals surface area contributed by atoms with Gasteiger partial charge in [-0.15, -0.1) is 11.3 Å². The lowest BCUT2D eigenvalue weighted by molar-refractivity contribution is 0.344. The molecule has 2 rings (SSSR count). The van der Waals surface area contributed by atoms with Crippen molar-refractivity contribution >= 4 is 11.3 Å². The van der Waals surface area contributed by atoms with Crippen molar-refractivity contribution in [1.29, 1.82) is 0 Å². The summed E-state index contributed by atoms with van der Waals surface area (Å²) >= 11 is 1.79. The number of hydrogen-bond donors (Lipinski definition) is 2. The highest BCUT2D eigenvalue weighted by atomic mass is 32.1. The molecular weight excluding hydrogens is 230 g/mol. The predicted octanol–water partition coefficient (Wildman–Crippen LogP) is 2.32. The third-order valence-corrected chi connectivity index (χ3v) is 4.28. The van der Waals surface area contributed by atoms with E-state index >= 15 is 0 Å². The number of rotatable bonds is 6. The Morgan fingerprint density at radius 1 is 1.47 bits per heavy atom. The van der Waals surface area contributed by atoms with Crippen molar-refractivity contribution in [2.45, 2.75) is 39.2 Å². The van der Waals surface area contributed by atoms with Crippen LogP contribution in [0.4, 0.5) is 0 Å². The van der Waals surface area contributed by atoms with E-state index in [1.54, 1.807) is 11.3 Å². The van der Waals surface area contributed by atoms with E-state index in [-0.39, 0.29) is 0 Å². The normalized spacial score (nSPS) is 17.5. The van der Waals surface area contributed by atoms with E-state index in [4.69, 9.17) is 0 Å². The van der Waals surface area contributed by atoms with Crippen LogP contribution in [0.25, 0.3) is 0 Å². The van der Waals surface area contributed by atoms with E-state index in [0.29, 0.717) is 0 Å². The largest absolute Gasteiger partial charge is 0.317 e. The molecule has 1 aliphatic rings. The zero-order chi connectivity index (χ0) is 11.9. The lowest BCUT2D eigenvalue weighted by Gasteiger charge is -2.22. The maximum absolute atomic E-state index is 4.35. The van der Waals surface area contributed by atoms with Gasteiger partial charge in [-0.2, -0.15) is 0 Å². The summed E-state index contributed by atoms with van der Waals surface area (Å²) in [6.45, 7) is 6.61. The average molecular weight is 253 g/mol. The first-order valence-corrected chi connectivity index (χ1v) is 7.49. The number of aryl methyl sites for hydroxylation is 1. The monoisotopic (exact) mass is 253 g/mol. The molecule has 1 fully saturated rings. The second kappa shape index (κ2) is 7.09. The summed E-state index contributed by atoms with van der Waals surface area (Å²) in [5, 5.41) is 8.12.